The van der Waals surface area contributed by atoms with Crippen LogP contribution in [0.3, 0.4) is 0 Å². The van der Waals surface area contributed by atoms with Crippen LogP contribution < -0.4 is 5.32 Å². The molecule has 106 valence electrons. The molecule has 0 amide bonds. The summed E-state index contributed by atoms with van der Waals surface area (Å²) in [6.45, 7) is 2.06. The first kappa shape index (κ1) is 14.0. The molecule has 0 saturated heterocycles. The highest BCUT2D eigenvalue weighted by Gasteiger charge is 2.16. The second-order valence-electron chi connectivity index (χ2n) is 5.01. The van der Waals surface area contributed by atoms with Crippen molar-refractivity contribution < 1.29 is 0 Å². The Labute approximate surface area is 129 Å². The van der Waals surface area contributed by atoms with Gasteiger partial charge in [0.15, 0.2) is 0 Å². The van der Waals surface area contributed by atoms with Gasteiger partial charge in [0.2, 0.25) is 0 Å². The minimum absolute atomic E-state index is 0.210. The van der Waals surface area contributed by atoms with Gasteiger partial charge in [-0.15, -0.1) is 11.3 Å². The lowest BCUT2D eigenvalue weighted by Crippen LogP contribution is -2.17. The largest absolute Gasteiger partial charge is 0.309 e. The van der Waals surface area contributed by atoms with Gasteiger partial charge in [0.1, 0.15) is 0 Å². The maximum Gasteiger partial charge on any atom is 0.0798 e. The van der Waals surface area contributed by atoms with Gasteiger partial charge in [-0.25, -0.2) is 4.98 Å². The van der Waals surface area contributed by atoms with E-state index in [1.807, 2.05) is 18.6 Å². The molecule has 21 heavy (non-hydrogen) atoms. The molecule has 0 radical (unpaired) electrons. The van der Waals surface area contributed by atoms with Gasteiger partial charge in [-0.1, -0.05) is 54.6 Å². The van der Waals surface area contributed by atoms with E-state index in [2.05, 4.69) is 65.8 Å². The maximum absolute atomic E-state index is 4.35. The Morgan fingerprint density at radius 2 is 1.62 bits per heavy atom. The van der Waals surface area contributed by atoms with E-state index in [1.165, 1.54) is 21.6 Å². The number of rotatable bonds is 4. The highest BCUT2D eigenvalue weighted by molar-refractivity contribution is 7.09. The van der Waals surface area contributed by atoms with Crippen LogP contribution >= 0.6 is 11.3 Å². The number of aromatic nitrogens is 1. The molecule has 3 rings (SSSR count). The van der Waals surface area contributed by atoms with Gasteiger partial charge >= 0.3 is 0 Å². The highest BCUT2D eigenvalue weighted by Crippen LogP contribution is 2.29. The van der Waals surface area contributed by atoms with Gasteiger partial charge in [-0.05, 0) is 30.7 Å². The Hall–Kier alpha value is -1.97. The Kier molecular flexibility index (Phi) is 4.13. The molecule has 2 aromatic carbocycles. The zero-order chi connectivity index (χ0) is 14.7. The van der Waals surface area contributed by atoms with Gasteiger partial charge < -0.3 is 5.32 Å². The molecular weight excluding hydrogens is 276 g/mol. The van der Waals surface area contributed by atoms with E-state index in [9.17, 15) is 0 Å². The van der Waals surface area contributed by atoms with Crippen LogP contribution in [-0.2, 0) is 0 Å². The fourth-order valence-electron chi connectivity index (χ4n) is 2.54. The van der Waals surface area contributed by atoms with Crippen molar-refractivity contribution in [1.29, 1.82) is 0 Å². The summed E-state index contributed by atoms with van der Waals surface area (Å²) in [5, 5.41) is 3.39. The van der Waals surface area contributed by atoms with Gasteiger partial charge in [0, 0.05) is 4.88 Å². The molecule has 0 bridgehead atoms. The van der Waals surface area contributed by atoms with E-state index in [0.29, 0.717) is 0 Å². The molecule has 1 N–H and O–H groups in total. The standard InChI is InChI=1S/C18H18N2S/c1-13-18(21-12-20-13)17(19-2)16-10-8-15(9-11-16)14-6-4-3-5-7-14/h3-12,17,19H,1-2H3. The van der Waals surface area contributed by atoms with Crippen LogP contribution in [0.4, 0.5) is 0 Å². The summed E-state index contributed by atoms with van der Waals surface area (Å²) in [6, 6.07) is 19.4. The zero-order valence-electron chi connectivity index (χ0n) is 12.2. The minimum atomic E-state index is 0.210. The average Bonchev–Trinajstić information content (AvgIpc) is 2.96. The van der Waals surface area contributed by atoms with Crippen molar-refractivity contribution in [3.05, 3.63) is 76.2 Å². The molecule has 0 aliphatic rings. The predicted molar refractivity (Wildman–Crippen MR) is 89.6 cm³/mol. The molecule has 1 atom stereocenters. The molecule has 1 aromatic heterocycles. The number of hydrogen-bond donors (Lipinski definition) is 1. The number of nitrogens with one attached hydrogen (secondary N) is 1. The average molecular weight is 294 g/mol. The second kappa shape index (κ2) is 6.20. The monoisotopic (exact) mass is 294 g/mol. The molecule has 1 unspecified atom stereocenters. The molecule has 0 saturated carbocycles. The number of nitrogens with zero attached hydrogens (tertiary/aromatic N) is 1. The minimum Gasteiger partial charge on any atom is -0.309 e. The SMILES string of the molecule is CNC(c1ccc(-c2ccccc2)cc1)c1scnc1C. The van der Waals surface area contributed by atoms with Crippen LogP contribution in [0, 0.1) is 6.92 Å². The Morgan fingerprint density at radius 3 is 2.19 bits per heavy atom. The van der Waals surface area contributed by atoms with E-state index in [4.69, 9.17) is 0 Å². The fourth-order valence-corrected chi connectivity index (χ4v) is 3.47. The van der Waals surface area contributed by atoms with E-state index in [-0.39, 0.29) is 6.04 Å². The Bertz CT molecular complexity index is 702. The van der Waals surface area contributed by atoms with E-state index in [1.54, 1.807) is 11.3 Å². The molecule has 3 heteroatoms. The van der Waals surface area contributed by atoms with Crippen molar-refractivity contribution in [2.75, 3.05) is 7.05 Å². The normalized spacial score (nSPS) is 12.3. The highest BCUT2D eigenvalue weighted by atomic mass is 32.1. The maximum atomic E-state index is 4.35. The van der Waals surface area contributed by atoms with Gasteiger partial charge in [-0.3, -0.25) is 0 Å². The first-order chi connectivity index (χ1) is 10.3. The molecule has 2 nitrogen and oxygen atoms in total. The lowest BCUT2D eigenvalue weighted by molar-refractivity contribution is 0.698. The molecule has 0 fully saturated rings. The third kappa shape index (κ3) is 2.89. The summed E-state index contributed by atoms with van der Waals surface area (Å²) in [5.74, 6) is 0. The van der Waals surface area contributed by atoms with Crippen LogP contribution in [0.5, 0.6) is 0 Å². The van der Waals surface area contributed by atoms with Crippen LogP contribution in [0.2, 0.25) is 0 Å². The second-order valence-corrected chi connectivity index (χ2v) is 5.90. The third-order valence-electron chi connectivity index (χ3n) is 3.68. The predicted octanol–water partition coefficient (Wildman–Crippen LogP) is 4.43. The van der Waals surface area contributed by atoms with Crippen LogP contribution in [-0.4, -0.2) is 12.0 Å². The fraction of sp³-hybridized carbons (Fsp3) is 0.167. The molecule has 1 heterocycles. The van der Waals surface area contributed by atoms with Crippen molar-refractivity contribution >= 4 is 11.3 Å². The van der Waals surface area contributed by atoms with Gasteiger partial charge in [0.05, 0.1) is 17.2 Å². The summed E-state index contributed by atoms with van der Waals surface area (Å²) in [7, 11) is 1.99. The lowest BCUT2D eigenvalue weighted by atomic mass is 9.99. The summed E-state index contributed by atoms with van der Waals surface area (Å²) >= 11 is 1.70. The van der Waals surface area contributed by atoms with Crippen molar-refractivity contribution in [1.82, 2.24) is 10.3 Å². The topological polar surface area (TPSA) is 24.9 Å². The van der Waals surface area contributed by atoms with Crippen LogP contribution in [0.25, 0.3) is 11.1 Å². The summed E-state index contributed by atoms with van der Waals surface area (Å²) < 4.78 is 0. The van der Waals surface area contributed by atoms with Gasteiger partial charge in [0.25, 0.3) is 0 Å². The number of thiazole rings is 1. The number of benzene rings is 2. The summed E-state index contributed by atoms with van der Waals surface area (Å²) in [5.41, 5.74) is 6.78. The zero-order valence-corrected chi connectivity index (χ0v) is 13.0. The Morgan fingerprint density at radius 1 is 0.952 bits per heavy atom. The van der Waals surface area contributed by atoms with Crippen molar-refractivity contribution in [2.24, 2.45) is 0 Å². The first-order valence-corrected chi connectivity index (χ1v) is 7.90. The first-order valence-electron chi connectivity index (χ1n) is 7.02. The lowest BCUT2D eigenvalue weighted by Gasteiger charge is -2.16. The quantitative estimate of drug-likeness (QED) is 0.770. The molecule has 0 spiro atoms. The molecule has 0 aliphatic carbocycles. The van der Waals surface area contributed by atoms with Crippen LogP contribution in [0.15, 0.2) is 60.1 Å². The summed E-state index contributed by atoms with van der Waals surface area (Å²) in [6.07, 6.45) is 0. The third-order valence-corrected chi connectivity index (χ3v) is 4.68. The number of hydrogen-bond acceptors (Lipinski definition) is 3. The molecule has 0 aliphatic heterocycles. The van der Waals surface area contributed by atoms with Crippen molar-refractivity contribution in [3.8, 4) is 11.1 Å². The van der Waals surface area contributed by atoms with Crippen molar-refractivity contribution in [3.63, 3.8) is 0 Å². The van der Waals surface area contributed by atoms with E-state index < -0.39 is 0 Å². The Balaban J connectivity index is 1.91. The van der Waals surface area contributed by atoms with E-state index >= 15 is 0 Å². The van der Waals surface area contributed by atoms with Crippen LogP contribution in [0.1, 0.15) is 22.2 Å². The number of aryl methyl sites for hydroxylation is 1. The van der Waals surface area contributed by atoms with Gasteiger partial charge in [-0.2, -0.15) is 0 Å². The molecular formula is C18H18N2S. The van der Waals surface area contributed by atoms with Crippen molar-refractivity contribution in [2.45, 2.75) is 13.0 Å². The van der Waals surface area contributed by atoms with E-state index in [0.717, 1.165) is 5.69 Å². The molecule has 3 aromatic rings. The smallest absolute Gasteiger partial charge is 0.0798 e. The summed E-state index contributed by atoms with van der Waals surface area (Å²) in [4.78, 5) is 5.64.